The van der Waals surface area contributed by atoms with Gasteiger partial charge in [0.25, 0.3) is 15.9 Å². The molecule has 1 saturated heterocycles. The van der Waals surface area contributed by atoms with E-state index in [2.05, 4.69) is 4.72 Å². The van der Waals surface area contributed by atoms with Gasteiger partial charge in [0.2, 0.25) is 5.91 Å². The molecular formula is C21H22ClN3O4S. The largest absolute Gasteiger partial charge is 0.339 e. The van der Waals surface area contributed by atoms with Crippen molar-refractivity contribution in [2.24, 2.45) is 5.92 Å². The fourth-order valence-electron chi connectivity index (χ4n) is 3.41. The van der Waals surface area contributed by atoms with Gasteiger partial charge in [0.05, 0.1) is 4.90 Å². The normalized spacial score (nSPS) is 17.0. The van der Waals surface area contributed by atoms with Crippen LogP contribution >= 0.6 is 11.6 Å². The van der Waals surface area contributed by atoms with E-state index in [0.29, 0.717) is 42.5 Å². The van der Waals surface area contributed by atoms with Gasteiger partial charge in [-0.1, -0.05) is 11.6 Å². The number of anilines is 1. The smallest absolute Gasteiger partial charge is 0.261 e. The fraction of sp³-hybridized carbons (Fsp3) is 0.333. The van der Waals surface area contributed by atoms with Crippen molar-refractivity contribution in [3.8, 4) is 0 Å². The molecule has 30 heavy (non-hydrogen) atoms. The maximum Gasteiger partial charge on any atom is 0.261 e. The number of carbonyl (C=O) groups excluding carboxylic acids is 2. The van der Waals surface area contributed by atoms with Crippen LogP contribution < -0.4 is 4.72 Å². The molecule has 9 heteroatoms. The minimum Gasteiger partial charge on any atom is -0.339 e. The molecular weight excluding hydrogens is 426 g/mol. The zero-order valence-corrected chi connectivity index (χ0v) is 17.8. The highest BCUT2D eigenvalue weighted by Gasteiger charge is 2.35. The summed E-state index contributed by atoms with van der Waals surface area (Å²) in [6.45, 7) is 2.04. The molecule has 1 saturated carbocycles. The molecule has 1 heterocycles. The average molecular weight is 448 g/mol. The van der Waals surface area contributed by atoms with Crippen LogP contribution in [-0.2, 0) is 14.8 Å². The Labute approximate surface area is 180 Å². The number of hydrogen-bond acceptors (Lipinski definition) is 4. The number of sulfonamides is 1. The maximum absolute atomic E-state index is 12.8. The van der Waals surface area contributed by atoms with Crippen molar-refractivity contribution in [1.29, 1.82) is 0 Å². The van der Waals surface area contributed by atoms with Crippen LogP contribution in [0.4, 0.5) is 5.69 Å². The lowest BCUT2D eigenvalue weighted by Crippen LogP contribution is -2.51. The van der Waals surface area contributed by atoms with Gasteiger partial charge in [0.1, 0.15) is 0 Å². The third-order valence-corrected chi connectivity index (χ3v) is 6.96. The van der Waals surface area contributed by atoms with Gasteiger partial charge in [-0.15, -0.1) is 0 Å². The SMILES string of the molecule is O=C(c1ccc(S(=O)(=O)Nc2ccc(Cl)cc2)cc1)N1CCN(C(=O)C2CC2)CC1. The number of nitrogens with zero attached hydrogens (tertiary/aromatic N) is 2. The molecule has 0 aromatic heterocycles. The predicted octanol–water partition coefficient (Wildman–Crippen LogP) is 2.84. The number of nitrogens with one attached hydrogen (secondary N) is 1. The van der Waals surface area contributed by atoms with Crippen molar-refractivity contribution in [1.82, 2.24) is 9.80 Å². The molecule has 0 spiro atoms. The number of halogens is 1. The van der Waals surface area contributed by atoms with Crippen LogP contribution in [0.2, 0.25) is 5.02 Å². The van der Waals surface area contributed by atoms with Gasteiger partial charge in [-0.2, -0.15) is 0 Å². The standard InChI is InChI=1S/C21H22ClN3O4S/c22-17-5-7-18(8-6-17)23-30(28,29)19-9-3-16(4-10-19)21(27)25-13-11-24(12-14-25)20(26)15-1-2-15/h3-10,15,23H,1-2,11-14H2. The van der Waals surface area contributed by atoms with Crippen molar-refractivity contribution >= 4 is 39.1 Å². The van der Waals surface area contributed by atoms with Gasteiger partial charge in [0.15, 0.2) is 0 Å². The first-order valence-corrected chi connectivity index (χ1v) is 11.7. The zero-order chi connectivity index (χ0) is 21.3. The minimum atomic E-state index is -3.77. The van der Waals surface area contributed by atoms with E-state index in [0.717, 1.165) is 12.8 Å². The van der Waals surface area contributed by atoms with Gasteiger partial charge in [-0.25, -0.2) is 8.42 Å². The number of amides is 2. The Morgan fingerprint density at radius 1 is 0.867 bits per heavy atom. The second kappa shape index (κ2) is 8.28. The van der Waals surface area contributed by atoms with Crippen LogP contribution in [0, 0.1) is 5.92 Å². The molecule has 158 valence electrons. The number of piperazine rings is 1. The van der Waals surface area contributed by atoms with Crippen molar-refractivity contribution in [3.05, 3.63) is 59.1 Å². The highest BCUT2D eigenvalue weighted by Crippen LogP contribution is 2.31. The van der Waals surface area contributed by atoms with E-state index in [-0.39, 0.29) is 22.6 Å². The Bertz CT molecular complexity index is 1040. The molecule has 0 bridgehead atoms. The summed E-state index contributed by atoms with van der Waals surface area (Å²) >= 11 is 5.82. The Morgan fingerprint density at radius 2 is 1.43 bits per heavy atom. The zero-order valence-electron chi connectivity index (χ0n) is 16.3. The summed E-state index contributed by atoms with van der Waals surface area (Å²) in [7, 11) is -3.77. The summed E-state index contributed by atoms with van der Waals surface area (Å²) in [5.41, 5.74) is 0.820. The molecule has 2 aromatic rings. The van der Waals surface area contributed by atoms with Crippen LogP contribution in [0.15, 0.2) is 53.4 Å². The maximum atomic E-state index is 12.8. The molecule has 2 fully saturated rings. The third-order valence-electron chi connectivity index (χ3n) is 5.31. The average Bonchev–Trinajstić information content (AvgIpc) is 3.60. The summed E-state index contributed by atoms with van der Waals surface area (Å²) in [4.78, 5) is 28.5. The molecule has 0 atom stereocenters. The second-order valence-corrected chi connectivity index (χ2v) is 9.65. The molecule has 0 radical (unpaired) electrons. The Balaban J connectivity index is 1.38. The van der Waals surface area contributed by atoms with Gasteiger partial charge in [-0.3, -0.25) is 14.3 Å². The van der Waals surface area contributed by atoms with E-state index in [1.54, 1.807) is 29.2 Å². The molecule has 1 N–H and O–H groups in total. The quantitative estimate of drug-likeness (QED) is 0.763. The third kappa shape index (κ3) is 4.60. The van der Waals surface area contributed by atoms with Crippen LogP contribution in [-0.4, -0.2) is 56.2 Å². The van der Waals surface area contributed by atoms with E-state index in [9.17, 15) is 18.0 Å². The Hall–Kier alpha value is -2.58. The van der Waals surface area contributed by atoms with E-state index in [4.69, 9.17) is 11.6 Å². The van der Waals surface area contributed by atoms with Crippen molar-refractivity contribution in [2.75, 3.05) is 30.9 Å². The number of benzene rings is 2. The second-order valence-electron chi connectivity index (χ2n) is 7.53. The van der Waals surface area contributed by atoms with Crippen LogP contribution in [0.5, 0.6) is 0 Å². The minimum absolute atomic E-state index is 0.0637. The monoisotopic (exact) mass is 447 g/mol. The van der Waals surface area contributed by atoms with E-state index >= 15 is 0 Å². The van der Waals surface area contributed by atoms with E-state index < -0.39 is 10.0 Å². The number of rotatable bonds is 5. The molecule has 4 rings (SSSR count). The molecule has 7 nitrogen and oxygen atoms in total. The molecule has 2 aliphatic rings. The van der Waals surface area contributed by atoms with Gasteiger partial charge in [0, 0.05) is 48.4 Å². The molecule has 2 aromatic carbocycles. The summed E-state index contributed by atoms with van der Waals surface area (Å²) in [5.74, 6) is 0.219. The Kier molecular flexibility index (Phi) is 5.71. The van der Waals surface area contributed by atoms with E-state index in [1.807, 2.05) is 4.90 Å². The van der Waals surface area contributed by atoms with Gasteiger partial charge >= 0.3 is 0 Å². The molecule has 1 aliphatic carbocycles. The summed E-state index contributed by atoms with van der Waals surface area (Å²) in [6.07, 6.45) is 1.94. The predicted molar refractivity (Wildman–Crippen MR) is 114 cm³/mol. The first-order valence-electron chi connectivity index (χ1n) is 9.80. The number of carbonyl (C=O) groups is 2. The van der Waals surface area contributed by atoms with Crippen LogP contribution in [0.3, 0.4) is 0 Å². The van der Waals surface area contributed by atoms with Crippen molar-refractivity contribution in [3.63, 3.8) is 0 Å². The topological polar surface area (TPSA) is 86.8 Å². The lowest BCUT2D eigenvalue weighted by atomic mass is 10.1. The molecule has 1 aliphatic heterocycles. The van der Waals surface area contributed by atoms with E-state index in [1.165, 1.54) is 24.3 Å². The summed E-state index contributed by atoms with van der Waals surface area (Å²) in [5, 5.41) is 0.513. The lowest BCUT2D eigenvalue weighted by Gasteiger charge is -2.35. The van der Waals surface area contributed by atoms with Gasteiger partial charge in [-0.05, 0) is 61.4 Å². The lowest BCUT2D eigenvalue weighted by molar-refractivity contribution is -0.134. The van der Waals surface area contributed by atoms with Crippen LogP contribution in [0.25, 0.3) is 0 Å². The molecule has 0 unspecified atom stereocenters. The van der Waals surface area contributed by atoms with Gasteiger partial charge < -0.3 is 9.80 Å². The first-order chi connectivity index (χ1) is 14.3. The van der Waals surface area contributed by atoms with Crippen molar-refractivity contribution < 1.29 is 18.0 Å². The fourth-order valence-corrected chi connectivity index (χ4v) is 4.59. The van der Waals surface area contributed by atoms with Crippen LogP contribution in [0.1, 0.15) is 23.2 Å². The summed E-state index contributed by atoms with van der Waals surface area (Å²) in [6, 6.07) is 12.2. The highest BCUT2D eigenvalue weighted by atomic mass is 35.5. The Morgan fingerprint density at radius 3 is 2.00 bits per heavy atom. The first kappa shape index (κ1) is 20.7. The molecule has 2 amide bonds. The van der Waals surface area contributed by atoms with Crippen molar-refractivity contribution in [2.45, 2.75) is 17.7 Å². The summed E-state index contributed by atoms with van der Waals surface area (Å²) < 4.78 is 27.6. The highest BCUT2D eigenvalue weighted by molar-refractivity contribution is 7.92. The number of hydrogen-bond donors (Lipinski definition) is 1.